The average Bonchev–Trinajstić information content (AvgIpc) is 2.70. The Kier molecular flexibility index (Phi) is 7.55. The number of carbonyl (C=O) groups excluding carboxylic acids is 1. The first-order chi connectivity index (χ1) is 14.1. The summed E-state index contributed by atoms with van der Waals surface area (Å²) in [6, 6.07) is 11.7. The Morgan fingerprint density at radius 3 is 2.30 bits per heavy atom. The fourth-order valence-electron chi connectivity index (χ4n) is 3.24. The summed E-state index contributed by atoms with van der Waals surface area (Å²) in [6.07, 6.45) is 2.09. The molecule has 0 heterocycles. The van der Waals surface area contributed by atoms with Crippen molar-refractivity contribution < 1.29 is 18.1 Å². The third kappa shape index (κ3) is 5.56. The number of non-ortho nitro benzene ring substituents is 1. The van der Waals surface area contributed by atoms with Crippen LogP contribution < -0.4 is 9.62 Å². The summed E-state index contributed by atoms with van der Waals surface area (Å²) in [6.45, 7) is 5.57. The van der Waals surface area contributed by atoms with E-state index in [0.717, 1.165) is 28.6 Å². The zero-order chi connectivity index (χ0) is 22.5. The lowest BCUT2D eigenvalue weighted by atomic mass is 10.0. The molecule has 8 nitrogen and oxygen atoms in total. The number of nitro benzene ring substituents is 1. The predicted octanol–water partition coefficient (Wildman–Crippen LogP) is 3.58. The van der Waals surface area contributed by atoms with Gasteiger partial charge in [0.1, 0.15) is 6.04 Å². The number of nitro groups is 1. The Balaban J connectivity index is 2.33. The summed E-state index contributed by atoms with van der Waals surface area (Å²) < 4.78 is 26.0. The van der Waals surface area contributed by atoms with Gasteiger partial charge in [0.05, 0.1) is 22.9 Å². The minimum atomic E-state index is -3.88. The van der Waals surface area contributed by atoms with Crippen molar-refractivity contribution in [2.24, 2.45) is 0 Å². The molecule has 9 heteroatoms. The number of hydrogen-bond donors (Lipinski definition) is 1. The number of benzene rings is 2. The zero-order valence-corrected chi connectivity index (χ0v) is 18.3. The van der Waals surface area contributed by atoms with Crippen molar-refractivity contribution in [3.05, 3.63) is 69.8 Å². The number of anilines is 1. The van der Waals surface area contributed by atoms with Crippen LogP contribution in [-0.4, -0.2) is 31.5 Å². The van der Waals surface area contributed by atoms with E-state index < -0.39 is 26.9 Å². The number of hydrogen-bond acceptors (Lipinski definition) is 5. The van der Waals surface area contributed by atoms with E-state index in [9.17, 15) is 23.3 Å². The lowest BCUT2D eigenvalue weighted by Gasteiger charge is -2.31. The topological polar surface area (TPSA) is 110 Å². The smallest absolute Gasteiger partial charge is 0.271 e. The highest BCUT2D eigenvalue weighted by atomic mass is 32.2. The Bertz CT molecular complexity index is 1010. The minimum Gasteiger partial charge on any atom is -0.348 e. The van der Waals surface area contributed by atoms with Crippen LogP contribution in [0.3, 0.4) is 0 Å². The molecule has 30 heavy (non-hydrogen) atoms. The fourth-order valence-corrected chi connectivity index (χ4v) is 4.44. The molecule has 0 aliphatic heterocycles. The van der Waals surface area contributed by atoms with Crippen LogP contribution in [0.4, 0.5) is 11.4 Å². The number of carbonyl (C=O) groups is 1. The van der Waals surface area contributed by atoms with Crippen LogP contribution in [0.25, 0.3) is 0 Å². The molecule has 2 aromatic rings. The maximum atomic E-state index is 13.0. The monoisotopic (exact) mass is 433 g/mol. The second-order valence-electron chi connectivity index (χ2n) is 7.09. The van der Waals surface area contributed by atoms with E-state index >= 15 is 0 Å². The highest BCUT2D eigenvalue weighted by molar-refractivity contribution is 7.92. The SMILES string of the molecule is CCc1ccc([C@H](C)NC(=O)[C@@H](CC)N(c2cccc([N+](=O)[O-])c2)S(C)(=O)=O)cc1. The van der Waals surface area contributed by atoms with Gasteiger partial charge >= 0.3 is 0 Å². The molecule has 1 amide bonds. The highest BCUT2D eigenvalue weighted by Crippen LogP contribution is 2.27. The molecule has 0 saturated carbocycles. The first kappa shape index (κ1) is 23.3. The van der Waals surface area contributed by atoms with E-state index in [1.165, 1.54) is 23.8 Å². The van der Waals surface area contributed by atoms with Gasteiger partial charge in [-0.2, -0.15) is 0 Å². The highest BCUT2D eigenvalue weighted by Gasteiger charge is 2.32. The standard InChI is InChI=1S/C21H27N3O5S/c1-5-16-10-12-17(13-11-16)15(3)22-21(25)20(6-2)23(30(4,28)29)18-8-7-9-19(14-18)24(26)27/h7-15,20H,5-6H2,1-4H3,(H,22,25)/t15-,20+/m0/s1. The molecule has 2 atom stereocenters. The van der Waals surface area contributed by atoms with Crippen LogP contribution in [0.2, 0.25) is 0 Å². The van der Waals surface area contributed by atoms with Crippen LogP contribution in [0.5, 0.6) is 0 Å². The van der Waals surface area contributed by atoms with Crippen LogP contribution in [0.15, 0.2) is 48.5 Å². The molecule has 162 valence electrons. The number of amides is 1. The molecule has 0 fully saturated rings. The Hall–Kier alpha value is -2.94. The molecular weight excluding hydrogens is 406 g/mol. The Morgan fingerprint density at radius 2 is 1.80 bits per heavy atom. The summed E-state index contributed by atoms with van der Waals surface area (Å²) in [4.78, 5) is 23.5. The summed E-state index contributed by atoms with van der Waals surface area (Å²) in [7, 11) is -3.88. The number of sulfonamides is 1. The second kappa shape index (κ2) is 9.71. The number of nitrogens with zero attached hydrogens (tertiary/aromatic N) is 2. The van der Waals surface area contributed by atoms with E-state index in [0.29, 0.717) is 0 Å². The molecular formula is C21H27N3O5S. The van der Waals surface area contributed by atoms with Crippen molar-refractivity contribution in [1.82, 2.24) is 5.32 Å². The van der Waals surface area contributed by atoms with Crippen molar-refractivity contribution >= 4 is 27.3 Å². The van der Waals surface area contributed by atoms with Gasteiger partial charge in [0.25, 0.3) is 5.69 Å². The largest absolute Gasteiger partial charge is 0.348 e. The van der Waals surface area contributed by atoms with Gasteiger partial charge in [-0.1, -0.05) is 44.2 Å². The van der Waals surface area contributed by atoms with Crippen LogP contribution in [-0.2, 0) is 21.2 Å². The van der Waals surface area contributed by atoms with Gasteiger partial charge in [0.15, 0.2) is 0 Å². The molecule has 0 radical (unpaired) electrons. The first-order valence-corrected chi connectivity index (χ1v) is 11.6. The molecule has 0 bridgehead atoms. The van der Waals surface area contributed by atoms with Crippen molar-refractivity contribution in [3.8, 4) is 0 Å². The lowest BCUT2D eigenvalue weighted by molar-refractivity contribution is -0.384. The summed E-state index contributed by atoms with van der Waals surface area (Å²) in [5, 5.41) is 14.0. The predicted molar refractivity (Wildman–Crippen MR) is 117 cm³/mol. The maximum absolute atomic E-state index is 13.0. The van der Waals surface area contributed by atoms with Crippen molar-refractivity contribution in [1.29, 1.82) is 0 Å². The molecule has 1 N–H and O–H groups in total. The van der Waals surface area contributed by atoms with E-state index in [1.54, 1.807) is 6.92 Å². The van der Waals surface area contributed by atoms with Crippen molar-refractivity contribution in [2.75, 3.05) is 10.6 Å². The first-order valence-electron chi connectivity index (χ1n) is 9.71. The molecule has 0 saturated heterocycles. The van der Waals surface area contributed by atoms with Gasteiger partial charge in [-0.3, -0.25) is 19.2 Å². The summed E-state index contributed by atoms with van der Waals surface area (Å²) in [5.41, 5.74) is 1.91. The third-order valence-electron chi connectivity index (χ3n) is 4.87. The molecule has 0 aromatic heterocycles. The van der Waals surface area contributed by atoms with Gasteiger partial charge in [0.2, 0.25) is 15.9 Å². The fraction of sp³-hybridized carbons (Fsp3) is 0.381. The van der Waals surface area contributed by atoms with Gasteiger partial charge in [-0.25, -0.2) is 8.42 Å². The molecule has 0 aliphatic carbocycles. The molecule has 2 aromatic carbocycles. The summed E-state index contributed by atoms with van der Waals surface area (Å²) >= 11 is 0. The molecule has 0 aliphatic rings. The number of rotatable bonds is 9. The van der Waals surface area contributed by atoms with Gasteiger partial charge < -0.3 is 5.32 Å². The summed E-state index contributed by atoms with van der Waals surface area (Å²) in [5.74, 6) is -0.471. The molecule has 0 spiro atoms. The van der Waals surface area contributed by atoms with Crippen molar-refractivity contribution in [3.63, 3.8) is 0 Å². The lowest BCUT2D eigenvalue weighted by Crippen LogP contribution is -2.49. The van der Waals surface area contributed by atoms with Crippen LogP contribution in [0, 0.1) is 10.1 Å². The quantitative estimate of drug-likeness (QED) is 0.480. The Labute approximate surface area is 177 Å². The van der Waals surface area contributed by atoms with Crippen LogP contribution in [0.1, 0.15) is 44.4 Å². The normalized spacial score (nSPS) is 13.3. The van der Waals surface area contributed by atoms with E-state index in [2.05, 4.69) is 12.2 Å². The maximum Gasteiger partial charge on any atom is 0.271 e. The van der Waals surface area contributed by atoms with E-state index in [4.69, 9.17) is 0 Å². The average molecular weight is 434 g/mol. The third-order valence-corrected chi connectivity index (χ3v) is 6.05. The van der Waals surface area contributed by atoms with Gasteiger partial charge in [-0.05, 0) is 37.0 Å². The molecule has 2 rings (SSSR count). The number of aryl methyl sites for hydroxylation is 1. The van der Waals surface area contributed by atoms with E-state index in [1.807, 2.05) is 31.2 Å². The molecule has 0 unspecified atom stereocenters. The van der Waals surface area contributed by atoms with E-state index in [-0.39, 0.29) is 23.8 Å². The van der Waals surface area contributed by atoms with Crippen LogP contribution >= 0.6 is 0 Å². The number of nitrogens with one attached hydrogen (secondary N) is 1. The van der Waals surface area contributed by atoms with Gasteiger partial charge in [-0.15, -0.1) is 0 Å². The van der Waals surface area contributed by atoms with Crippen molar-refractivity contribution in [2.45, 2.75) is 45.7 Å². The van der Waals surface area contributed by atoms with Gasteiger partial charge in [0, 0.05) is 12.1 Å². The zero-order valence-electron chi connectivity index (χ0n) is 17.5. The second-order valence-corrected chi connectivity index (χ2v) is 8.94. The minimum absolute atomic E-state index is 0.0775. The Morgan fingerprint density at radius 1 is 1.17 bits per heavy atom.